The van der Waals surface area contributed by atoms with Gasteiger partial charge in [0.15, 0.2) is 0 Å². The molecule has 1 aliphatic heterocycles. The van der Waals surface area contributed by atoms with Crippen molar-refractivity contribution in [3.63, 3.8) is 0 Å². The maximum Gasteiger partial charge on any atom is 0.226 e. The van der Waals surface area contributed by atoms with Crippen LogP contribution in [0.3, 0.4) is 0 Å². The average Bonchev–Trinajstić information content (AvgIpc) is 3.53. The van der Waals surface area contributed by atoms with Crippen LogP contribution in [0.15, 0.2) is 48.7 Å². The van der Waals surface area contributed by atoms with Gasteiger partial charge in [0.2, 0.25) is 5.95 Å². The summed E-state index contributed by atoms with van der Waals surface area (Å²) in [7, 11) is 0. The number of aryl methyl sites for hydroxylation is 4. The number of aromatic amines is 1. The van der Waals surface area contributed by atoms with Crippen molar-refractivity contribution in [2.45, 2.75) is 53.5 Å². The van der Waals surface area contributed by atoms with Gasteiger partial charge in [-0.15, -0.1) is 0 Å². The number of hydrogen-bond acceptors (Lipinski definition) is 4. The molecule has 37 heavy (non-hydrogen) atoms. The van der Waals surface area contributed by atoms with Crippen LogP contribution in [-0.2, 0) is 25.8 Å². The molecule has 0 bridgehead atoms. The molecule has 188 valence electrons. The Bertz CT molecular complexity index is 1590. The number of fused-ring (bicyclic) bond motifs is 2. The first-order chi connectivity index (χ1) is 18.0. The number of para-hydroxylation sites is 1. The second kappa shape index (κ2) is 9.34. The number of rotatable bonds is 5. The van der Waals surface area contributed by atoms with Crippen LogP contribution >= 0.6 is 11.6 Å². The molecular weight excluding hydrogens is 480 g/mol. The summed E-state index contributed by atoms with van der Waals surface area (Å²) in [5.74, 6) is 0.785. The lowest BCUT2D eigenvalue weighted by molar-refractivity contribution is 0.691. The van der Waals surface area contributed by atoms with Gasteiger partial charge >= 0.3 is 0 Å². The van der Waals surface area contributed by atoms with Crippen LogP contribution in [0.4, 0.5) is 5.95 Å². The van der Waals surface area contributed by atoms with Crippen LogP contribution in [0.1, 0.15) is 47.6 Å². The van der Waals surface area contributed by atoms with Gasteiger partial charge in [-0.25, -0.2) is 14.6 Å². The van der Waals surface area contributed by atoms with Crippen LogP contribution in [0.5, 0.6) is 0 Å². The van der Waals surface area contributed by atoms with E-state index in [9.17, 15) is 0 Å². The van der Waals surface area contributed by atoms with E-state index in [0.717, 1.165) is 76.0 Å². The zero-order valence-corrected chi connectivity index (χ0v) is 22.5. The molecule has 0 atom stereocenters. The predicted molar refractivity (Wildman–Crippen MR) is 151 cm³/mol. The van der Waals surface area contributed by atoms with E-state index in [1.54, 1.807) is 0 Å². The Labute approximate surface area is 222 Å². The highest BCUT2D eigenvalue weighted by molar-refractivity contribution is 6.35. The van der Waals surface area contributed by atoms with Crippen LogP contribution in [0, 0.1) is 13.8 Å². The van der Waals surface area contributed by atoms with Gasteiger partial charge in [0, 0.05) is 53.6 Å². The third-order valence-corrected chi connectivity index (χ3v) is 7.71. The standard InChI is InChI=1S/C30H31ClN6/c1-5-20-8-7-9-21(6-2)28(20)37-29(23-10-11-25(31)27-22(23)12-14-32-27)24-17-36(15-13-26(24)35-37)30-33-18(3)16-19(4)34-30/h7-12,14,16,32H,5-6,13,15,17H2,1-4H3. The first kappa shape index (κ1) is 23.7. The summed E-state index contributed by atoms with van der Waals surface area (Å²) in [5.41, 5.74) is 11.3. The molecule has 1 N–H and O–H groups in total. The Morgan fingerprint density at radius 3 is 2.41 bits per heavy atom. The molecule has 0 unspecified atom stereocenters. The van der Waals surface area contributed by atoms with Gasteiger partial charge in [0.25, 0.3) is 0 Å². The number of hydrogen-bond donors (Lipinski definition) is 1. The molecule has 0 saturated carbocycles. The van der Waals surface area contributed by atoms with Crippen molar-refractivity contribution in [1.82, 2.24) is 24.7 Å². The van der Waals surface area contributed by atoms with E-state index >= 15 is 0 Å². The number of halogens is 1. The smallest absolute Gasteiger partial charge is 0.226 e. The summed E-state index contributed by atoms with van der Waals surface area (Å²) < 4.78 is 2.21. The molecular formula is C30H31ClN6. The molecule has 4 heterocycles. The summed E-state index contributed by atoms with van der Waals surface area (Å²) in [6, 6.07) is 14.9. The van der Waals surface area contributed by atoms with E-state index in [1.165, 1.54) is 22.4 Å². The van der Waals surface area contributed by atoms with Gasteiger partial charge in [-0.05, 0) is 56.0 Å². The number of aromatic nitrogens is 5. The maximum absolute atomic E-state index is 6.58. The Balaban J connectivity index is 1.61. The minimum absolute atomic E-state index is 0.706. The fourth-order valence-electron chi connectivity index (χ4n) is 5.65. The van der Waals surface area contributed by atoms with Gasteiger partial charge < -0.3 is 9.88 Å². The van der Waals surface area contributed by atoms with Gasteiger partial charge in [-0.3, -0.25) is 0 Å². The van der Waals surface area contributed by atoms with Crippen molar-refractivity contribution in [3.05, 3.63) is 87.5 Å². The quantitative estimate of drug-likeness (QED) is 0.283. The minimum atomic E-state index is 0.706. The summed E-state index contributed by atoms with van der Waals surface area (Å²) in [5, 5.41) is 7.12. The SMILES string of the molecule is CCc1cccc(CC)c1-n1nc2c(c1-c1ccc(Cl)c3[nH]ccc13)CN(c1nc(C)cc(C)n1)CC2. The van der Waals surface area contributed by atoms with Crippen LogP contribution < -0.4 is 4.90 Å². The van der Waals surface area contributed by atoms with Crippen LogP contribution in [-0.4, -0.2) is 31.3 Å². The molecule has 2 aromatic carbocycles. The Kier molecular flexibility index (Phi) is 6.00. The molecule has 0 radical (unpaired) electrons. The van der Waals surface area contributed by atoms with Crippen LogP contribution in [0.2, 0.25) is 5.02 Å². The fourth-order valence-corrected chi connectivity index (χ4v) is 5.87. The summed E-state index contributed by atoms with van der Waals surface area (Å²) >= 11 is 6.58. The van der Waals surface area contributed by atoms with E-state index in [-0.39, 0.29) is 0 Å². The van der Waals surface area contributed by atoms with Crippen molar-refractivity contribution in [1.29, 1.82) is 0 Å². The minimum Gasteiger partial charge on any atom is -0.360 e. The first-order valence-electron chi connectivity index (χ1n) is 13.0. The molecule has 0 saturated heterocycles. The zero-order chi connectivity index (χ0) is 25.7. The second-order valence-corrected chi connectivity index (χ2v) is 10.2. The molecule has 3 aromatic heterocycles. The van der Waals surface area contributed by atoms with E-state index in [4.69, 9.17) is 26.7 Å². The molecule has 6 rings (SSSR count). The zero-order valence-electron chi connectivity index (χ0n) is 21.8. The van der Waals surface area contributed by atoms with E-state index in [0.29, 0.717) is 6.54 Å². The normalized spacial score (nSPS) is 13.4. The lowest BCUT2D eigenvalue weighted by Gasteiger charge is -2.27. The van der Waals surface area contributed by atoms with E-state index < -0.39 is 0 Å². The van der Waals surface area contributed by atoms with Gasteiger partial charge in [0.05, 0.1) is 27.6 Å². The molecule has 7 heteroatoms. The summed E-state index contributed by atoms with van der Waals surface area (Å²) in [4.78, 5) is 15.2. The molecule has 0 fully saturated rings. The topological polar surface area (TPSA) is 62.6 Å². The van der Waals surface area contributed by atoms with Crippen molar-refractivity contribution in [2.24, 2.45) is 0 Å². The summed E-state index contributed by atoms with van der Waals surface area (Å²) in [6.45, 7) is 10.0. The lowest BCUT2D eigenvalue weighted by Crippen LogP contribution is -2.32. The van der Waals surface area contributed by atoms with Gasteiger partial charge in [-0.2, -0.15) is 5.10 Å². The summed E-state index contributed by atoms with van der Waals surface area (Å²) in [6.07, 6.45) is 4.68. The molecule has 0 amide bonds. The van der Waals surface area contributed by atoms with E-state index in [2.05, 4.69) is 58.7 Å². The number of nitrogens with zero attached hydrogens (tertiary/aromatic N) is 5. The molecule has 5 aromatic rings. The highest BCUT2D eigenvalue weighted by Crippen LogP contribution is 2.40. The van der Waals surface area contributed by atoms with E-state index in [1.807, 2.05) is 32.2 Å². The number of nitrogens with one attached hydrogen (secondary N) is 1. The fraction of sp³-hybridized carbons (Fsp3) is 0.300. The van der Waals surface area contributed by atoms with Gasteiger partial charge in [0.1, 0.15) is 0 Å². The highest BCUT2D eigenvalue weighted by atomic mass is 35.5. The van der Waals surface area contributed by atoms with Crippen molar-refractivity contribution < 1.29 is 0 Å². The first-order valence-corrected chi connectivity index (χ1v) is 13.4. The third kappa shape index (κ3) is 4.00. The predicted octanol–water partition coefficient (Wildman–Crippen LogP) is 6.77. The van der Waals surface area contributed by atoms with Crippen molar-refractivity contribution in [3.8, 4) is 16.9 Å². The molecule has 1 aliphatic rings. The Hall–Kier alpha value is -3.64. The lowest BCUT2D eigenvalue weighted by atomic mass is 9.97. The molecule has 0 aliphatic carbocycles. The number of anilines is 1. The van der Waals surface area contributed by atoms with Gasteiger partial charge in [-0.1, -0.05) is 49.7 Å². The number of benzene rings is 2. The molecule has 6 nitrogen and oxygen atoms in total. The second-order valence-electron chi connectivity index (χ2n) is 9.80. The average molecular weight is 511 g/mol. The third-order valence-electron chi connectivity index (χ3n) is 7.39. The Morgan fingerprint density at radius 2 is 1.70 bits per heavy atom. The number of H-pyrrole nitrogens is 1. The maximum atomic E-state index is 6.58. The Morgan fingerprint density at radius 1 is 0.973 bits per heavy atom. The van der Waals surface area contributed by atoms with Crippen LogP contribution in [0.25, 0.3) is 27.8 Å². The molecule has 0 spiro atoms. The largest absolute Gasteiger partial charge is 0.360 e. The van der Waals surface area contributed by atoms with Crippen molar-refractivity contribution in [2.75, 3.05) is 11.4 Å². The monoisotopic (exact) mass is 510 g/mol. The van der Waals surface area contributed by atoms with Crippen molar-refractivity contribution >= 4 is 28.5 Å². The highest BCUT2D eigenvalue weighted by Gasteiger charge is 2.29.